The molecule has 0 spiro atoms. The van der Waals surface area contributed by atoms with Crippen molar-refractivity contribution in [2.24, 2.45) is 0 Å². The Morgan fingerprint density at radius 1 is 1.18 bits per heavy atom. The standard InChI is InChI=1S/C10H21NO5.ClH/c12-3-1-2-4-16-10-7(6-13)11-5-8(14)9(10)15;/h7-15H,1-6H2;1H/t7-,8+,9-,10-;/m1./s1. The fraction of sp³-hybridized carbons (Fsp3) is 1.00. The number of aliphatic hydroxyl groups excluding tert-OH is 4. The average Bonchev–Trinajstić information content (AvgIpc) is 2.30. The molecule has 0 aliphatic carbocycles. The second-order valence-corrected chi connectivity index (χ2v) is 4.02. The highest BCUT2D eigenvalue weighted by Gasteiger charge is 2.37. The van der Waals surface area contributed by atoms with E-state index in [0.717, 1.165) is 0 Å². The van der Waals surface area contributed by atoms with E-state index in [4.69, 9.17) is 14.9 Å². The molecular formula is C10H22ClNO5. The third kappa shape index (κ3) is 5.05. The van der Waals surface area contributed by atoms with Gasteiger partial charge in [0, 0.05) is 19.8 Å². The monoisotopic (exact) mass is 271 g/mol. The summed E-state index contributed by atoms with van der Waals surface area (Å²) in [6, 6.07) is -0.354. The normalized spacial score (nSPS) is 33.2. The first kappa shape index (κ1) is 17.1. The molecule has 0 amide bonds. The number of ether oxygens (including phenoxy) is 1. The minimum atomic E-state index is -0.979. The smallest absolute Gasteiger partial charge is 0.109 e. The summed E-state index contributed by atoms with van der Waals surface area (Å²) in [7, 11) is 0. The van der Waals surface area contributed by atoms with E-state index < -0.39 is 18.3 Å². The predicted molar refractivity (Wildman–Crippen MR) is 64.2 cm³/mol. The minimum absolute atomic E-state index is 0. The Labute approximate surface area is 107 Å². The molecule has 0 unspecified atom stereocenters. The Bertz CT molecular complexity index is 196. The third-order valence-corrected chi connectivity index (χ3v) is 2.78. The van der Waals surface area contributed by atoms with Gasteiger partial charge in [-0.25, -0.2) is 0 Å². The zero-order valence-electron chi connectivity index (χ0n) is 9.66. The highest BCUT2D eigenvalue weighted by molar-refractivity contribution is 5.85. The van der Waals surface area contributed by atoms with Gasteiger partial charge in [0.15, 0.2) is 0 Å². The topological polar surface area (TPSA) is 102 Å². The molecule has 0 aromatic heterocycles. The maximum atomic E-state index is 9.72. The number of nitrogens with one attached hydrogen (secondary N) is 1. The summed E-state index contributed by atoms with van der Waals surface area (Å²) in [5.41, 5.74) is 0. The molecule has 104 valence electrons. The van der Waals surface area contributed by atoms with Crippen molar-refractivity contribution in [2.45, 2.75) is 37.2 Å². The maximum Gasteiger partial charge on any atom is 0.109 e. The van der Waals surface area contributed by atoms with Gasteiger partial charge < -0.3 is 30.5 Å². The summed E-state index contributed by atoms with van der Waals surface area (Å²) in [5.74, 6) is 0. The van der Waals surface area contributed by atoms with Crippen LogP contribution in [-0.4, -0.2) is 71.1 Å². The van der Waals surface area contributed by atoms with E-state index in [2.05, 4.69) is 5.32 Å². The van der Waals surface area contributed by atoms with Gasteiger partial charge in [-0.15, -0.1) is 12.4 Å². The third-order valence-electron chi connectivity index (χ3n) is 2.78. The van der Waals surface area contributed by atoms with Crippen LogP contribution in [0.25, 0.3) is 0 Å². The summed E-state index contributed by atoms with van der Waals surface area (Å²) in [5, 5.41) is 39.8. The van der Waals surface area contributed by atoms with E-state index in [9.17, 15) is 10.2 Å². The van der Waals surface area contributed by atoms with Crippen LogP contribution in [0.3, 0.4) is 0 Å². The largest absolute Gasteiger partial charge is 0.396 e. The lowest BCUT2D eigenvalue weighted by Gasteiger charge is -2.38. The lowest BCUT2D eigenvalue weighted by Crippen LogP contribution is -2.61. The first-order chi connectivity index (χ1) is 7.70. The molecule has 5 N–H and O–H groups in total. The Kier molecular flexibility index (Phi) is 9.07. The van der Waals surface area contributed by atoms with Crippen LogP contribution in [0.2, 0.25) is 0 Å². The molecule has 1 aliphatic rings. The van der Waals surface area contributed by atoms with Crippen molar-refractivity contribution in [3.05, 3.63) is 0 Å². The van der Waals surface area contributed by atoms with Crippen LogP contribution in [-0.2, 0) is 4.74 Å². The summed E-state index contributed by atoms with van der Waals surface area (Å²) in [6.07, 6.45) is -1.12. The molecular weight excluding hydrogens is 250 g/mol. The zero-order valence-corrected chi connectivity index (χ0v) is 10.5. The van der Waals surface area contributed by atoms with Gasteiger partial charge in [-0.1, -0.05) is 0 Å². The summed E-state index contributed by atoms with van der Waals surface area (Å²) >= 11 is 0. The average molecular weight is 272 g/mol. The number of unbranched alkanes of at least 4 members (excludes halogenated alkanes) is 1. The van der Waals surface area contributed by atoms with Crippen LogP contribution in [0.5, 0.6) is 0 Å². The van der Waals surface area contributed by atoms with Crippen LogP contribution in [0, 0.1) is 0 Å². The lowest BCUT2D eigenvalue weighted by molar-refractivity contribution is -0.129. The Morgan fingerprint density at radius 3 is 2.47 bits per heavy atom. The molecule has 1 fully saturated rings. The molecule has 4 atom stereocenters. The van der Waals surface area contributed by atoms with Crippen LogP contribution < -0.4 is 5.32 Å². The van der Waals surface area contributed by atoms with E-state index in [1.807, 2.05) is 0 Å². The van der Waals surface area contributed by atoms with Crippen molar-refractivity contribution >= 4 is 12.4 Å². The Hall–Kier alpha value is 0.0500. The molecule has 0 saturated carbocycles. The number of piperidine rings is 1. The van der Waals surface area contributed by atoms with Crippen molar-refractivity contribution in [1.29, 1.82) is 0 Å². The van der Waals surface area contributed by atoms with Gasteiger partial charge in [-0.3, -0.25) is 0 Å². The second-order valence-electron chi connectivity index (χ2n) is 4.02. The number of aliphatic hydroxyl groups is 4. The van der Waals surface area contributed by atoms with Gasteiger partial charge in [-0.05, 0) is 12.8 Å². The van der Waals surface area contributed by atoms with E-state index in [1.54, 1.807) is 0 Å². The summed E-state index contributed by atoms with van der Waals surface area (Å²) < 4.78 is 5.43. The van der Waals surface area contributed by atoms with Gasteiger partial charge >= 0.3 is 0 Å². The van der Waals surface area contributed by atoms with Crippen molar-refractivity contribution in [2.75, 3.05) is 26.4 Å². The first-order valence-corrected chi connectivity index (χ1v) is 5.63. The lowest BCUT2D eigenvalue weighted by atomic mass is 9.96. The fourth-order valence-electron chi connectivity index (χ4n) is 1.78. The van der Waals surface area contributed by atoms with Crippen LogP contribution in [0.15, 0.2) is 0 Å². The van der Waals surface area contributed by atoms with E-state index in [-0.39, 0.29) is 38.2 Å². The molecule has 7 heteroatoms. The van der Waals surface area contributed by atoms with E-state index >= 15 is 0 Å². The molecule has 0 aromatic rings. The van der Waals surface area contributed by atoms with Crippen LogP contribution in [0.1, 0.15) is 12.8 Å². The van der Waals surface area contributed by atoms with Gasteiger partial charge in [0.05, 0.1) is 18.8 Å². The quantitative estimate of drug-likeness (QED) is 0.367. The molecule has 0 aromatic carbocycles. The molecule has 0 radical (unpaired) electrons. The van der Waals surface area contributed by atoms with Crippen LogP contribution in [0.4, 0.5) is 0 Å². The van der Waals surface area contributed by atoms with Crippen molar-refractivity contribution < 1.29 is 25.2 Å². The Balaban J connectivity index is 0.00000256. The van der Waals surface area contributed by atoms with Gasteiger partial charge in [-0.2, -0.15) is 0 Å². The highest BCUT2D eigenvalue weighted by atomic mass is 35.5. The molecule has 1 rings (SSSR count). The van der Waals surface area contributed by atoms with Gasteiger partial charge in [0.25, 0.3) is 0 Å². The molecule has 1 heterocycles. The second kappa shape index (κ2) is 9.04. The molecule has 6 nitrogen and oxygen atoms in total. The van der Waals surface area contributed by atoms with Crippen molar-refractivity contribution in [3.8, 4) is 0 Å². The molecule has 17 heavy (non-hydrogen) atoms. The minimum Gasteiger partial charge on any atom is -0.396 e. The number of hydrogen-bond acceptors (Lipinski definition) is 6. The van der Waals surface area contributed by atoms with E-state index in [1.165, 1.54) is 0 Å². The molecule has 0 bridgehead atoms. The maximum absolute atomic E-state index is 9.72. The molecule has 1 saturated heterocycles. The van der Waals surface area contributed by atoms with Crippen molar-refractivity contribution in [3.63, 3.8) is 0 Å². The molecule has 1 aliphatic heterocycles. The van der Waals surface area contributed by atoms with Gasteiger partial charge in [0.2, 0.25) is 0 Å². The predicted octanol–water partition coefficient (Wildman–Crippen LogP) is -1.75. The zero-order chi connectivity index (χ0) is 12.0. The van der Waals surface area contributed by atoms with E-state index in [0.29, 0.717) is 19.4 Å². The summed E-state index contributed by atoms with van der Waals surface area (Å²) in [4.78, 5) is 0. The highest BCUT2D eigenvalue weighted by Crippen LogP contribution is 2.14. The first-order valence-electron chi connectivity index (χ1n) is 5.63. The van der Waals surface area contributed by atoms with Gasteiger partial charge in [0.1, 0.15) is 12.2 Å². The van der Waals surface area contributed by atoms with Crippen molar-refractivity contribution in [1.82, 2.24) is 5.32 Å². The number of hydrogen-bond donors (Lipinski definition) is 5. The van der Waals surface area contributed by atoms with Crippen LogP contribution >= 0.6 is 12.4 Å². The fourth-order valence-corrected chi connectivity index (χ4v) is 1.78. The number of rotatable bonds is 6. The Morgan fingerprint density at radius 2 is 1.88 bits per heavy atom. The number of halogens is 1. The summed E-state index contributed by atoms with van der Waals surface area (Å²) in [6.45, 7) is 0.616. The SMILES string of the molecule is Cl.OCCCCO[C@H]1[C@H](O)[C@@H](O)CN[C@@H]1CO. The number of β-amino-alcohol motifs (C(OH)–C–C–N with tert-alkyl or cyclic N) is 1.